The number of benzene rings is 4. The van der Waals surface area contributed by atoms with Gasteiger partial charge in [0.15, 0.2) is 0 Å². The average Bonchev–Trinajstić information content (AvgIpc) is 2.85. The Labute approximate surface area is 220 Å². The van der Waals surface area contributed by atoms with Gasteiger partial charge in [0.2, 0.25) is 0 Å². The molecule has 0 aromatic heterocycles. The van der Waals surface area contributed by atoms with Crippen molar-refractivity contribution in [3.05, 3.63) is 121 Å². The largest absolute Gasteiger partial charge is 0.673 e. The molecule has 4 aromatic carbocycles. The molecule has 4 aromatic rings. The van der Waals surface area contributed by atoms with E-state index in [-0.39, 0.29) is 35.3 Å². The molecule has 0 saturated heterocycles. The summed E-state index contributed by atoms with van der Waals surface area (Å²) in [5.74, 6) is 0. The summed E-state index contributed by atoms with van der Waals surface area (Å²) < 4.78 is 39.0. The predicted molar refractivity (Wildman–Crippen MR) is 143 cm³/mol. The van der Waals surface area contributed by atoms with Gasteiger partial charge < -0.3 is 17.3 Å². The Morgan fingerprint density at radius 2 is 0.629 bits per heavy atom. The Kier molecular flexibility index (Phi) is 12.8. The first-order valence-electron chi connectivity index (χ1n) is 11.0. The van der Waals surface area contributed by atoms with E-state index in [0.717, 1.165) is 0 Å². The van der Waals surface area contributed by atoms with Crippen molar-refractivity contribution >= 4 is 44.3 Å². The monoisotopic (exact) mass is 602 g/mol. The SMILES string of the molecule is F[B-](F)(F)F.[Rh].c1ccc(P(CCCP(c2ccccc2)c2ccccc2)c2ccccc2)cc1. The molecule has 0 spiro atoms. The van der Waals surface area contributed by atoms with E-state index >= 15 is 0 Å². The van der Waals surface area contributed by atoms with Gasteiger partial charge >= 0.3 is 7.25 Å². The summed E-state index contributed by atoms with van der Waals surface area (Å²) in [4.78, 5) is 0. The normalized spacial score (nSPS) is 10.9. The van der Waals surface area contributed by atoms with Crippen LogP contribution < -0.4 is 21.2 Å². The minimum atomic E-state index is -6.00. The Morgan fingerprint density at radius 1 is 0.429 bits per heavy atom. The Balaban J connectivity index is 0.000000656. The molecule has 0 aliphatic heterocycles. The summed E-state index contributed by atoms with van der Waals surface area (Å²) in [6.45, 7) is 0. The number of hydrogen-bond donors (Lipinski definition) is 0. The molecular formula is C27H26BF4P2Rh-. The van der Waals surface area contributed by atoms with Crippen molar-refractivity contribution < 1.29 is 36.7 Å². The van der Waals surface area contributed by atoms with Crippen LogP contribution in [0.3, 0.4) is 0 Å². The molecule has 0 atom stereocenters. The fourth-order valence-corrected chi connectivity index (χ4v) is 8.59. The fraction of sp³-hybridized carbons (Fsp3) is 0.111. The first kappa shape index (κ1) is 29.4. The summed E-state index contributed by atoms with van der Waals surface area (Å²) in [6.07, 6.45) is 3.72. The van der Waals surface area contributed by atoms with Crippen LogP contribution in [0.5, 0.6) is 0 Å². The maximum absolute atomic E-state index is 9.75. The molecule has 185 valence electrons. The first-order chi connectivity index (χ1) is 16.4. The van der Waals surface area contributed by atoms with Crippen molar-refractivity contribution in [2.45, 2.75) is 6.42 Å². The summed E-state index contributed by atoms with van der Waals surface area (Å²) in [7, 11) is -6.62. The van der Waals surface area contributed by atoms with Crippen LogP contribution in [0.2, 0.25) is 0 Å². The van der Waals surface area contributed by atoms with E-state index in [1.165, 1.54) is 40.0 Å². The van der Waals surface area contributed by atoms with Crippen molar-refractivity contribution in [3.8, 4) is 0 Å². The molecule has 0 bridgehead atoms. The predicted octanol–water partition coefficient (Wildman–Crippen LogP) is 6.94. The molecule has 0 aliphatic rings. The minimum absolute atomic E-state index is 0. The van der Waals surface area contributed by atoms with Crippen LogP contribution in [0, 0.1) is 0 Å². The molecule has 0 nitrogen and oxygen atoms in total. The van der Waals surface area contributed by atoms with Gasteiger partial charge in [-0.2, -0.15) is 0 Å². The Bertz CT molecular complexity index is 918. The van der Waals surface area contributed by atoms with Gasteiger partial charge in [-0.3, -0.25) is 0 Å². The van der Waals surface area contributed by atoms with Gasteiger partial charge in [0.05, 0.1) is 0 Å². The molecular weight excluding hydrogens is 576 g/mol. The van der Waals surface area contributed by atoms with Crippen molar-refractivity contribution in [1.82, 2.24) is 0 Å². The van der Waals surface area contributed by atoms with Gasteiger partial charge in [0.25, 0.3) is 0 Å². The van der Waals surface area contributed by atoms with Crippen molar-refractivity contribution in [2.24, 2.45) is 0 Å². The van der Waals surface area contributed by atoms with E-state index in [1.807, 2.05) is 0 Å². The van der Waals surface area contributed by atoms with Gasteiger partial charge in [-0.25, -0.2) is 0 Å². The first-order valence-corrected chi connectivity index (χ1v) is 14.1. The van der Waals surface area contributed by atoms with Crippen molar-refractivity contribution in [2.75, 3.05) is 12.3 Å². The maximum Gasteiger partial charge on any atom is 0.673 e. The smallest absolute Gasteiger partial charge is 0.418 e. The third-order valence-electron chi connectivity index (χ3n) is 5.03. The second kappa shape index (κ2) is 15.3. The van der Waals surface area contributed by atoms with Crippen LogP contribution >= 0.6 is 15.8 Å². The third kappa shape index (κ3) is 10.7. The summed E-state index contributed by atoms with van der Waals surface area (Å²) >= 11 is 0. The van der Waals surface area contributed by atoms with Gasteiger partial charge in [0.1, 0.15) is 0 Å². The summed E-state index contributed by atoms with van der Waals surface area (Å²) in [6, 6.07) is 44.3. The second-order valence-electron chi connectivity index (χ2n) is 7.49. The quantitative estimate of drug-likeness (QED) is 0.117. The van der Waals surface area contributed by atoms with Gasteiger partial charge in [0, 0.05) is 19.5 Å². The van der Waals surface area contributed by atoms with E-state index in [9.17, 15) is 17.3 Å². The molecule has 0 N–H and O–H groups in total. The van der Waals surface area contributed by atoms with Gasteiger partial charge in [-0.1, -0.05) is 121 Å². The van der Waals surface area contributed by atoms with Crippen LogP contribution in [0.15, 0.2) is 121 Å². The molecule has 0 aliphatic carbocycles. The van der Waals surface area contributed by atoms with E-state index < -0.39 is 7.25 Å². The standard InChI is InChI=1S/C27H26P2.BF4.Rh/c1-5-14-24(15-6-1)28(25-16-7-2-8-17-25)22-13-23-29(26-18-9-3-10-19-26)27-20-11-4-12-21-27;2-1(3,4)5;/h1-12,14-21H,13,22-23H2;;/q;-1;. The summed E-state index contributed by atoms with van der Waals surface area (Å²) in [5, 5.41) is 5.94. The van der Waals surface area contributed by atoms with E-state index in [1.54, 1.807) is 0 Å². The van der Waals surface area contributed by atoms with Crippen LogP contribution in [0.25, 0.3) is 0 Å². The van der Waals surface area contributed by atoms with Crippen molar-refractivity contribution in [3.63, 3.8) is 0 Å². The number of rotatable bonds is 8. The zero-order chi connectivity index (χ0) is 24.2. The van der Waals surface area contributed by atoms with Crippen LogP contribution in [-0.4, -0.2) is 19.6 Å². The maximum atomic E-state index is 9.75. The minimum Gasteiger partial charge on any atom is -0.418 e. The van der Waals surface area contributed by atoms with E-state index in [0.29, 0.717) is 0 Å². The average molecular weight is 602 g/mol. The molecule has 1 radical (unpaired) electrons. The van der Waals surface area contributed by atoms with Crippen molar-refractivity contribution in [1.29, 1.82) is 0 Å². The Hall–Kier alpha value is -1.85. The zero-order valence-corrected chi connectivity index (χ0v) is 22.4. The molecule has 0 heterocycles. The molecule has 8 heteroatoms. The van der Waals surface area contributed by atoms with Crippen LogP contribution in [0.4, 0.5) is 17.3 Å². The van der Waals surface area contributed by atoms with E-state index in [4.69, 9.17) is 0 Å². The van der Waals surface area contributed by atoms with Gasteiger partial charge in [-0.05, 0) is 55.8 Å². The molecule has 4 rings (SSSR count). The van der Waals surface area contributed by atoms with E-state index in [2.05, 4.69) is 121 Å². The van der Waals surface area contributed by atoms with Gasteiger partial charge in [-0.15, -0.1) is 0 Å². The molecule has 0 saturated carbocycles. The molecule has 0 fully saturated rings. The second-order valence-corrected chi connectivity index (χ2v) is 12.2. The molecule has 0 amide bonds. The summed E-state index contributed by atoms with van der Waals surface area (Å²) in [5.41, 5.74) is 0. The number of halogens is 4. The van der Waals surface area contributed by atoms with Crippen LogP contribution in [0.1, 0.15) is 6.42 Å². The van der Waals surface area contributed by atoms with Crippen LogP contribution in [-0.2, 0) is 19.5 Å². The molecule has 0 unspecified atom stereocenters. The Morgan fingerprint density at radius 3 is 0.829 bits per heavy atom. The third-order valence-corrected chi connectivity index (χ3v) is 10.2. The number of hydrogen-bond acceptors (Lipinski definition) is 0. The zero-order valence-electron chi connectivity index (χ0n) is 19.0. The molecule has 35 heavy (non-hydrogen) atoms. The fourth-order valence-electron chi connectivity index (χ4n) is 3.63. The topological polar surface area (TPSA) is 0 Å².